The molecule has 0 atom stereocenters. The zero-order chi connectivity index (χ0) is 32.8. The Bertz CT molecular complexity index is 2770. The molecular formula is C48H30N2. The molecule has 232 valence electrons. The Hall–Kier alpha value is -6.51. The molecule has 0 N–H and O–H groups in total. The predicted octanol–water partition coefficient (Wildman–Crippen LogP) is 11.9. The molecule has 0 unspecified atom stereocenters. The van der Waals surface area contributed by atoms with Crippen molar-refractivity contribution in [2.45, 2.75) is 5.41 Å². The van der Waals surface area contributed by atoms with E-state index in [4.69, 9.17) is 0 Å². The lowest BCUT2D eigenvalue weighted by Gasteiger charge is -2.31. The summed E-state index contributed by atoms with van der Waals surface area (Å²) in [6, 6.07) is 65.0. The van der Waals surface area contributed by atoms with Crippen LogP contribution >= 0.6 is 0 Å². The first kappa shape index (κ1) is 27.4. The maximum atomic E-state index is 4.61. The molecule has 1 heterocycles. The third-order valence-electron chi connectivity index (χ3n) is 11.1. The Labute approximate surface area is 290 Å². The lowest BCUT2D eigenvalue weighted by atomic mass is 9.70. The van der Waals surface area contributed by atoms with Crippen LogP contribution in [0.15, 0.2) is 182 Å². The first-order valence-corrected chi connectivity index (χ1v) is 17.3. The second-order valence-electron chi connectivity index (χ2n) is 13.6. The molecule has 1 aromatic heterocycles. The number of imidazole rings is 1. The van der Waals surface area contributed by atoms with Gasteiger partial charge in [0.1, 0.15) is 6.33 Å². The van der Waals surface area contributed by atoms with E-state index in [1.165, 1.54) is 77.5 Å². The summed E-state index contributed by atoms with van der Waals surface area (Å²) in [6.07, 6.45) is 1.91. The van der Waals surface area contributed by atoms with Crippen LogP contribution in [0.2, 0.25) is 0 Å². The van der Waals surface area contributed by atoms with Gasteiger partial charge < -0.3 is 0 Å². The van der Waals surface area contributed by atoms with Gasteiger partial charge in [-0.2, -0.15) is 0 Å². The maximum Gasteiger partial charge on any atom is 0.100 e. The van der Waals surface area contributed by atoms with E-state index in [0.29, 0.717) is 0 Å². The highest BCUT2D eigenvalue weighted by molar-refractivity contribution is 5.97. The van der Waals surface area contributed by atoms with Gasteiger partial charge in [-0.15, -0.1) is 0 Å². The molecule has 0 aliphatic heterocycles. The topological polar surface area (TPSA) is 17.8 Å². The van der Waals surface area contributed by atoms with E-state index >= 15 is 0 Å². The van der Waals surface area contributed by atoms with Crippen LogP contribution in [0.1, 0.15) is 22.3 Å². The molecule has 0 bridgehead atoms. The molecule has 2 nitrogen and oxygen atoms in total. The van der Waals surface area contributed by atoms with Crippen LogP contribution < -0.4 is 0 Å². The summed E-state index contributed by atoms with van der Waals surface area (Å²) in [5.74, 6) is 0. The second kappa shape index (κ2) is 10.2. The van der Waals surface area contributed by atoms with Gasteiger partial charge in [0.05, 0.1) is 16.4 Å². The van der Waals surface area contributed by atoms with E-state index in [1.807, 2.05) is 12.4 Å². The van der Waals surface area contributed by atoms with Crippen molar-refractivity contribution in [1.29, 1.82) is 0 Å². The second-order valence-corrected chi connectivity index (χ2v) is 13.6. The first-order valence-electron chi connectivity index (χ1n) is 17.3. The number of hydrogen-bond acceptors (Lipinski definition) is 1. The summed E-state index contributed by atoms with van der Waals surface area (Å²) in [5, 5.41) is 2.52. The van der Waals surface area contributed by atoms with Gasteiger partial charge in [0.15, 0.2) is 0 Å². The fourth-order valence-electron chi connectivity index (χ4n) is 8.85. The van der Waals surface area contributed by atoms with Gasteiger partial charge in [0.25, 0.3) is 0 Å². The quantitative estimate of drug-likeness (QED) is 0.189. The van der Waals surface area contributed by atoms with Crippen molar-refractivity contribution >= 4 is 21.8 Å². The Morgan fingerprint density at radius 1 is 0.380 bits per heavy atom. The van der Waals surface area contributed by atoms with E-state index in [-0.39, 0.29) is 0 Å². The number of rotatable bonds is 3. The van der Waals surface area contributed by atoms with Crippen LogP contribution in [0.5, 0.6) is 0 Å². The highest BCUT2D eigenvalue weighted by Crippen LogP contribution is 2.63. The molecule has 2 aliphatic rings. The number of aromatic nitrogens is 2. The Morgan fingerprint density at radius 3 is 1.62 bits per heavy atom. The summed E-state index contributed by atoms with van der Waals surface area (Å²) in [7, 11) is 0. The molecule has 0 radical (unpaired) electrons. The standard InChI is InChI=1S/C48H30N2/c1-2-10-33-27-34(18-17-31(33)9-1)36-22-26-41-40-25-21-35(32-19-23-37(24-20-32)50-30-49-46-15-7-8-16-47(46)50)28-44(40)48(45(41)29-36)42-13-5-3-11-38(42)39-12-4-6-14-43(39)48/h1-30H. The number of benzene rings is 8. The normalized spacial score (nSPS) is 13.4. The zero-order valence-corrected chi connectivity index (χ0v) is 27.2. The minimum atomic E-state index is -0.420. The number of hydrogen-bond donors (Lipinski definition) is 0. The largest absolute Gasteiger partial charge is 0.299 e. The van der Waals surface area contributed by atoms with Gasteiger partial charge in [-0.3, -0.25) is 4.57 Å². The maximum absolute atomic E-state index is 4.61. The average molecular weight is 635 g/mol. The fraction of sp³-hybridized carbons (Fsp3) is 0.0208. The zero-order valence-electron chi connectivity index (χ0n) is 27.2. The van der Waals surface area contributed by atoms with Crippen LogP contribution in [-0.2, 0) is 5.41 Å². The summed E-state index contributed by atoms with van der Waals surface area (Å²) < 4.78 is 2.16. The highest BCUT2D eigenvalue weighted by atomic mass is 15.0. The fourth-order valence-corrected chi connectivity index (χ4v) is 8.85. The summed E-state index contributed by atoms with van der Waals surface area (Å²) in [6.45, 7) is 0. The van der Waals surface area contributed by atoms with Gasteiger partial charge in [-0.1, -0.05) is 133 Å². The molecule has 1 spiro atoms. The summed E-state index contributed by atoms with van der Waals surface area (Å²) >= 11 is 0. The molecule has 0 saturated carbocycles. The van der Waals surface area contributed by atoms with Gasteiger partial charge in [0.2, 0.25) is 0 Å². The van der Waals surface area contributed by atoms with Crippen molar-refractivity contribution in [3.8, 4) is 50.2 Å². The minimum Gasteiger partial charge on any atom is -0.299 e. The molecule has 2 heteroatoms. The van der Waals surface area contributed by atoms with Gasteiger partial charge in [-0.05, 0) is 120 Å². The Balaban J connectivity index is 1.11. The Kier molecular flexibility index (Phi) is 5.62. The van der Waals surface area contributed by atoms with Crippen molar-refractivity contribution in [2.75, 3.05) is 0 Å². The third-order valence-corrected chi connectivity index (χ3v) is 11.1. The molecule has 0 fully saturated rings. The van der Waals surface area contributed by atoms with Crippen LogP contribution in [-0.4, -0.2) is 9.55 Å². The van der Waals surface area contributed by atoms with Gasteiger partial charge >= 0.3 is 0 Å². The lowest BCUT2D eigenvalue weighted by Crippen LogP contribution is -2.26. The van der Waals surface area contributed by atoms with Crippen LogP contribution in [0.3, 0.4) is 0 Å². The molecule has 9 aromatic rings. The number of nitrogens with zero attached hydrogens (tertiary/aromatic N) is 2. The molecule has 0 saturated heterocycles. The minimum absolute atomic E-state index is 0.420. The number of fused-ring (bicyclic) bond motifs is 12. The van der Waals surface area contributed by atoms with Crippen LogP contribution in [0, 0.1) is 0 Å². The van der Waals surface area contributed by atoms with Crippen molar-refractivity contribution in [3.05, 3.63) is 205 Å². The third kappa shape index (κ3) is 3.71. The average Bonchev–Trinajstić information content (AvgIpc) is 3.84. The molecule has 11 rings (SSSR count). The lowest BCUT2D eigenvalue weighted by molar-refractivity contribution is 0.794. The predicted molar refractivity (Wildman–Crippen MR) is 206 cm³/mol. The van der Waals surface area contributed by atoms with Gasteiger partial charge in [-0.25, -0.2) is 4.98 Å². The SMILES string of the molecule is c1ccc2c(c1)-c1ccccc1C21c2cc(-c3ccc(-n4cnc5ccccc54)cc3)ccc2-c2ccc(-c3ccc4ccccc4c3)cc21. The monoisotopic (exact) mass is 634 g/mol. The molecule has 8 aromatic carbocycles. The van der Waals surface area contributed by atoms with E-state index in [0.717, 1.165) is 16.7 Å². The first-order chi connectivity index (χ1) is 24.8. The highest BCUT2D eigenvalue weighted by Gasteiger charge is 2.51. The molecule has 2 aliphatic carbocycles. The van der Waals surface area contributed by atoms with Crippen molar-refractivity contribution in [3.63, 3.8) is 0 Å². The molecule has 0 amide bonds. The van der Waals surface area contributed by atoms with E-state index in [2.05, 4.69) is 179 Å². The van der Waals surface area contributed by atoms with E-state index in [1.54, 1.807) is 0 Å². The van der Waals surface area contributed by atoms with Crippen molar-refractivity contribution < 1.29 is 0 Å². The van der Waals surface area contributed by atoms with Crippen LogP contribution in [0.4, 0.5) is 0 Å². The van der Waals surface area contributed by atoms with Crippen molar-refractivity contribution in [2.24, 2.45) is 0 Å². The van der Waals surface area contributed by atoms with Crippen molar-refractivity contribution in [1.82, 2.24) is 9.55 Å². The van der Waals surface area contributed by atoms with E-state index < -0.39 is 5.41 Å². The van der Waals surface area contributed by atoms with Gasteiger partial charge in [0, 0.05) is 5.69 Å². The Morgan fingerprint density at radius 2 is 0.900 bits per heavy atom. The van der Waals surface area contributed by atoms with E-state index in [9.17, 15) is 0 Å². The summed E-state index contributed by atoms with van der Waals surface area (Å²) in [4.78, 5) is 4.61. The van der Waals surface area contributed by atoms with Crippen LogP contribution in [0.25, 0.3) is 72.0 Å². The molecule has 50 heavy (non-hydrogen) atoms. The summed E-state index contributed by atoms with van der Waals surface area (Å²) in [5.41, 5.74) is 18.4. The number of para-hydroxylation sites is 2. The molecular weight excluding hydrogens is 605 g/mol. The smallest absolute Gasteiger partial charge is 0.100 e.